The third-order valence-corrected chi connectivity index (χ3v) is 2.50. The molecule has 16 heavy (non-hydrogen) atoms. The fraction of sp³-hybridized carbons (Fsp3) is 0.600. The van der Waals surface area contributed by atoms with Gasteiger partial charge in [0.2, 0.25) is 5.91 Å². The van der Waals surface area contributed by atoms with Gasteiger partial charge in [-0.3, -0.25) is 9.48 Å². The van der Waals surface area contributed by atoms with Gasteiger partial charge in [0.15, 0.2) is 0 Å². The SMILES string of the molecule is [B]C([B])(c1ccn(C)n1)N(C)C(=O)C(C)C. The Balaban J connectivity index is 2.97. The van der Waals surface area contributed by atoms with Crippen LogP contribution >= 0.6 is 0 Å². The Kier molecular flexibility index (Phi) is 3.51. The number of aromatic nitrogens is 2. The minimum Gasteiger partial charge on any atom is -0.352 e. The summed E-state index contributed by atoms with van der Waals surface area (Å²) in [6.07, 6.45) is 1.73. The Morgan fingerprint density at radius 1 is 1.56 bits per heavy atom. The first-order valence-electron chi connectivity index (χ1n) is 5.12. The van der Waals surface area contributed by atoms with Crippen LogP contribution in [0.5, 0.6) is 0 Å². The van der Waals surface area contributed by atoms with Gasteiger partial charge < -0.3 is 4.90 Å². The Hall–Kier alpha value is -1.19. The monoisotopic (exact) mass is 215 g/mol. The van der Waals surface area contributed by atoms with Crippen molar-refractivity contribution in [1.82, 2.24) is 14.7 Å². The molecule has 6 heteroatoms. The van der Waals surface area contributed by atoms with Crippen molar-refractivity contribution in [2.24, 2.45) is 13.0 Å². The molecule has 4 nitrogen and oxygen atoms in total. The van der Waals surface area contributed by atoms with Crippen LogP contribution in [0.1, 0.15) is 19.5 Å². The van der Waals surface area contributed by atoms with E-state index < -0.39 is 5.34 Å². The van der Waals surface area contributed by atoms with Crippen LogP contribution in [-0.2, 0) is 17.2 Å². The van der Waals surface area contributed by atoms with Gasteiger partial charge in [-0.15, -0.1) is 0 Å². The predicted octanol–water partition coefficient (Wildman–Crippen LogP) is -0.0182. The summed E-state index contributed by atoms with van der Waals surface area (Å²) in [6, 6.07) is 1.70. The van der Waals surface area contributed by atoms with Crippen molar-refractivity contribution in [2.75, 3.05) is 7.05 Å². The average molecular weight is 215 g/mol. The van der Waals surface area contributed by atoms with E-state index in [0.29, 0.717) is 5.69 Å². The highest BCUT2D eigenvalue weighted by Gasteiger charge is 2.31. The fourth-order valence-corrected chi connectivity index (χ4v) is 1.37. The lowest BCUT2D eigenvalue weighted by molar-refractivity contribution is -0.134. The molecule has 1 rings (SSSR count). The van der Waals surface area contributed by atoms with Gasteiger partial charge in [-0.2, -0.15) is 5.10 Å². The second-order valence-corrected chi connectivity index (χ2v) is 4.25. The molecule has 1 heterocycles. The van der Waals surface area contributed by atoms with Gasteiger partial charge in [-0.25, -0.2) is 0 Å². The smallest absolute Gasteiger partial charge is 0.224 e. The molecule has 0 atom stereocenters. The zero-order valence-corrected chi connectivity index (χ0v) is 10.1. The third-order valence-electron chi connectivity index (χ3n) is 2.50. The summed E-state index contributed by atoms with van der Waals surface area (Å²) in [4.78, 5) is 13.1. The lowest BCUT2D eigenvalue weighted by Crippen LogP contribution is -2.50. The Morgan fingerprint density at radius 2 is 2.12 bits per heavy atom. The van der Waals surface area contributed by atoms with Gasteiger partial charge in [-0.05, 0) is 6.07 Å². The number of nitrogens with zero attached hydrogens (tertiary/aromatic N) is 3. The Morgan fingerprint density at radius 3 is 2.50 bits per heavy atom. The first kappa shape index (κ1) is 12.9. The number of rotatable bonds is 3. The number of aryl methyl sites for hydroxylation is 1. The van der Waals surface area contributed by atoms with Gasteiger partial charge in [0.1, 0.15) is 0 Å². The normalized spacial score (nSPS) is 11.8. The molecule has 0 aliphatic carbocycles. The molecule has 0 saturated carbocycles. The van der Waals surface area contributed by atoms with Crippen LogP contribution in [0.3, 0.4) is 0 Å². The van der Waals surface area contributed by atoms with Gasteiger partial charge in [0.05, 0.1) is 21.4 Å². The van der Waals surface area contributed by atoms with Gasteiger partial charge >= 0.3 is 0 Å². The van der Waals surface area contributed by atoms with Crippen molar-refractivity contribution >= 4 is 21.6 Å². The van der Waals surface area contributed by atoms with Crippen LogP contribution in [0, 0.1) is 5.92 Å². The van der Waals surface area contributed by atoms with Crippen LogP contribution in [-0.4, -0.2) is 43.3 Å². The first-order chi connectivity index (χ1) is 7.26. The number of amides is 1. The van der Waals surface area contributed by atoms with Crippen LogP contribution in [0.4, 0.5) is 0 Å². The quantitative estimate of drug-likeness (QED) is 0.664. The molecule has 4 radical (unpaired) electrons. The van der Waals surface area contributed by atoms with E-state index in [1.807, 2.05) is 0 Å². The lowest BCUT2D eigenvalue weighted by Gasteiger charge is -2.36. The zero-order chi connectivity index (χ0) is 12.5. The summed E-state index contributed by atoms with van der Waals surface area (Å²) in [5.74, 6) is -0.268. The van der Waals surface area contributed by atoms with Crippen molar-refractivity contribution in [1.29, 1.82) is 0 Å². The van der Waals surface area contributed by atoms with Crippen LogP contribution in [0.15, 0.2) is 12.3 Å². The second kappa shape index (κ2) is 4.36. The largest absolute Gasteiger partial charge is 0.352 e. The summed E-state index contributed by atoms with van der Waals surface area (Å²) >= 11 is 0. The summed E-state index contributed by atoms with van der Waals surface area (Å²) in [6.45, 7) is 3.60. The van der Waals surface area contributed by atoms with Crippen LogP contribution in [0.2, 0.25) is 0 Å². The summed E-state index contributed by atoms with van der Waals surface area (Å²) in [5.41, 5.74) is 0.464. The standard InChI is InChI=1S/C10H15B2N3O/c1-7(2)9(16)15(4)10(11,12)8-5-6-14(3)13-8/h5-7H,1-4H3. The highest BCUT2D eigenvalue weighted by molar-refractivity contribution is 6.40. The Labute approximate surface area is 98.8 Å². The van der Waals surface area contributed by atoms with E-state index in [1.54, 1.807) is 44.9 Å². The minimum atomic E-state index is -1.37. The fourth-order valence-electron chi connectivity index (χ4n) is 1.37. The summed E-state index contributed by atoms with van der Waals surface area (Å²) in [7, 11) is 15.2. The van der Waals surface area contributed by atoms with E-state index in [-0.39, 0.29) is 11.8 Å². The molecular formula is C10H15B2N3O. The van der Waals surface area contributed by atoms with Gasteiger partial charge in [-0.1, -0.05) is 13.8 Å². The molecule has 0 saturated heterocycles. The molecule has 0 N–H and O–H groups in total. The van der Waals surface area contributed by atoms with Crippen molar-refractivity contribution < 1.29 is 4.79 Å². The summed E-state index contributed by atoms with van der Waals surface area (Å²) in [5, 5.41) is 2.75. The van der Waals surface area contributed by atoms with Crippen molar-refractivity contribution in [2.45, 2.75) is 19.2 Å². The third kappa shape index (κ3) is 2.31. The number of carbonyl (C=O) groups excluding carboxylic acids is 1. The maximum atomic E-state index is 11.8. The number of hydrogen-bond donors (Lipinski definition) is 0. The second-order valence-electron chi connectivity index (χ2n) is 4.25. The van der Waals surface area contributed by atoms with E-state index >= 15 is 0 Å². The average Bonchev–Trinajstić information content (AvgIpc) is 2.62. The van der Waals surface area contributed by atoms with E-state index in [1.165, 1.54) is 4.90 Å². The molecule has 0 aliphatic heterocycles. The van der Waals surface area contributed by atoms with Crippen LogP contribution in [0.25, 0.3) is 0 Å². The first-order valence-corrected chi connectivity index (χ1v) is 5.12. The zero-order valence-electron chi connectivity index (χ0n) is 10.1. The Bertz CT molecular complexity index is 387. The van der Waals surface area contributed by atoms with Crippen LogP contribution < -0.4 is 0 Å². The predicted molar refractivity (Wildman–Crippen MR) is 64.0 cm³/mol. The van der Waals surface area contributed by atoms with Crippen molar-refractivity contribution in [3.8, 4) is 0 Å². The highest BCUT2D eigenvalue weighted by atomic mass is 16.2. The molecule has 1 amide bonds. The lowest BCUT2D eigenvalue weighted by atomic mass is 9.58. The van der Waals surface area contributed by atoms with E-state index in [0.717, 1.165) is 0 Å². The molecule has 0 spiro atoms. The molecule has 82 valence electrons. The van der Waals surface area contributed by atoms with E-state index in [4.69, 9.17) is 15.7 Å². The van der Waals surface area contributed by atoms with E-state index in [9.17, 15) is 4.79 Å². The van der Waals surface area contributed by atoms with Crippen molar-refractivity contribution in [3.05, 3.63) is 18.0 Å². The maximum absolute atomic E-state index is 11.8. The number of carbonyl (C=O) groups is 1. The highest BCUT2D eigenvalue weighted by Crippen LogP contribution is 2.20. The van der Waals surface area contributed by atoms with Gasteiger partial charge in [0, 0.05) is 31.5 Å². The molecule has 1 aromatic rings. The molecule has 1 aromatic heterocycles. The molecule has 0 fully saturated rings. The van der Waals surface area contributed by atoms with Crippen molar-refractivity contribution in [3.63, 3.8) is 0 Å². The van der Waals surface area contributed by atoms with E-state index in [2.05, 4.69) is 5.10 Å². The molecule has 0 aliphatic rings. The molecule has 0 aromatic carbocycles. The molecular weight excluding hydrogens is 200 g/mol. The molecule has 0 unspecified atom stereocenters. The number of hydrogen-bond acceptors (Lipinski definition) is 2. The van der Waals surface area contributed by atoms with Gasteiger partial charge in [0.25, 0.3) is 0 Å². The topological polar surface area (TPSA) is 38.1 Å². The summed E-state index contributed by atoms with van der Waals surface area (Å²) < 4.78 is 1.59. The minimum absolute atomic E-state index is 0.115. The maximum Gasteiger partial charge on any atom is 0.224 e. The molecule has 0 bridgehead atoms.